The highest BCUT2D eigenvalue weighted by Gasteiger charge is 2.24. The van der Waals surface area contributed by atoms with Crippen molar-refractivity contribution in [2.75, 3.05) is 0 Å². The molecule has 64 valence electrons. The summed E-state index contributed by atoms with van der Waals surface area (Å²) in [6.07, 6.45) is 0. The Morgan fingerprint density at radius 3 is 2.50 bits per heavy atom. The van der Waals surface area contributed by atoms with Gasteiger partial charge < -0.3 is 10.2 Å². The van der Waals surface area contributed by atoms with Crippen molar-refractivity contribution in [1.29, 1.82) is 5.26 Å². The molecule has 1 aromatic rings. The lowest BCUT2D eigenvalue weighted by molar-refractivity contribution is 0.492. The smallest absolute Gasteiger partial charge is 0.130 e. The maximum Gasteiger partial charge on any atom is 0.130 e. The largest absolute Gasteiger partial charge is 0.466 e. The molecule has 0 spiro atoms. The topological polar surface area (TPSA) is 63.0 Å². The number of furan rings is 1. The van der Waals surface area contributed by atoms with Gasteiger partial charge in [0.1, 0.15) is 17.1 Å². The molecule has 1 aromatic heterocycles. The second-order valence-electron chi connectivity index (χ2n) is 3.14. The standard InChI is InChI=1S/C9H12N2O/c1-6-4-8(7(2)12-6)9(3,11)5-10/h4H,11H2,1-3H3/t9-/m1/s1. The van der Waals surface area contributed by atoms with Gasteiger partial charge in [-0.2, -0.15) is 5.26 Å². The average Bonchev–Trinajstić information content (AvgIpc) is 2.31. The lowest BCUT2D eigenvalue weighted by Crippen LogP contribution is -2.30. The normalized spacial score (nSPS) is 15.2. The van der Waals surface area contributed by atoms with E-state index in [0.29, 0.717) is 0 Å². The van der Waals surface area contributed by atoms with E-state index in [0.717, 1.165) is 17.1 Å². The molecule has 0 aliphatic carbocycles. The Bertz CT molecular complexity index is 331. The van der Waals surface area contributed by atoms with Gasteiger partial charge >= 0.3 is 0 Å². The van der Waals surface area contributed by atoms with Crippen molar-refractivity contribution in [3.05, 3.63) is 23.2 Å². The van der Waals surface area contributed by atoms with Crippen LogP contribution in [0.25, 0.3) is 0 Å². The molecule has 2 N–H and O–H groups in total. The van der Waals surface area contributed by atoms with Crippen molar-refractivity contribution >= 4 is 0 Å². The summed E-state index contributed by atoms with van der Waals surface area (Å²) in [5.41, 5.74) is 5.55. The molecule has 0 radical (unpaired) electrons. The highest BCUT2D eigenvalue weighted by molar-refractivity contribution is 5.33. The van der Waals surface area contributed by atoms with Gasteiger partial charge in [-0.05, 0) is 26.8 Å². The van der Waals surface area contributed by atoms with E-state index < -0.39 is 5.54 Å². The van der Waals surface area contributed by atoms with Crippen LogP contribution in [0, 0.1) is 25.2 Å². The van der Waals surface area contributed by atoms with Crippen LogP contribution in [-0.2, 0) is 5.54 Å². The zero-order valence-electron chi connectivity index (χ0n) is 7.51. The molecule has 1 heterocycles. The van der Waals surface area contributed by atoms with E-state index in [1.807, 2.05) is 19.9 Å². The molecule has 0 fully saturated rings. The van der Waals surface area contributed by atoms with Gasteiger partial charge in [0.25, 0.3) is 0 Å². The first-order valence-electron chi connectivity index (χ1n) is 3.75. The van der Waals surface area contributed by atoms with E-state index in [9.17, 15) is 0 Å². The molecule has 0 bridgehead atoms. The molecule has 0 saturated carbocycles. The molecule has 0 aromatic carbocycles. The third kappa shape index (κ3) is 1.34. The van der Waals surface area contributed by atoms with Crippen LogP contribution in [0.5, 0.6) is 0 Å². The molecule has 3 heteroatoms. The van der Waals surface area contributed by atoms with Gasteiger partial charge in [0.2, 0.25) is 0 Å². The van der Waals surface area contributed by atoms with Crippen molar-refractivity contribution in [1.82, 2.24) is 0 Å². The number of nitrogens with zero attached hydrogens (tertiary/aromatic N) is 1. The van der Waals surface area contributed by atoms with Crippen LogP contribution in [0.4, 0.5) is 0 Å². The van der Waals surface area contributed by atoms with Crippen molar-refractivity contribution < 1.29 is 4.42 Å². The van der Waals surface area contributed by atoms with Crippen molar-refractivity contribution in [3.8, 4) is 6.07 Å². The van der Waals surface area contributed by atoms with Crippen LogP contribution in [0.3, 0.4) is 0 Å². The Morgan fingerprint density at radius 1 is 1.58 bits per heavy atom. The summed E-state index contributed by atoms with van der Waals surface area (Å²) in [5.74, 6) is 1.51. The average molecular weight is 164 g/mol. The second kappa shape index (κ2) is 2.65. The van der Waals surface area contributed by atoms with Crippen molar-refractivity contribution in [3.63, 3.8) is 0 Å². The van der Waals surface area contributed by atoms with E-state index in [1.54, 1.807) is 13.0 Å². The molecule has 0 saturated heterocycles. The number of aryl methyl sites for hydroxylation is 2. The Kier molecular flexibility index (Phi) is 1.95. The second-order valence-corrected chi connectivity index (χ2v) is 3.14. The number of nitrogens with two attached hydrogens (primary N) is 1. The molecule has 0 aliphatic heterocycles. The van der Waals surface area contributed by atoms with Crippen LogP contribution in [0.2, 0.25) is 0 Å². The van der Waals surface area contributed by atoms with Gasteiger partial charge in [-0.3, -0.25) is 0 Å². The Morgan fingerprint density at radius 2 is 2.17 bits per heavy atom. The fraction of sp³-hybridized carbons (Fsp3) is 0.444. The van der Waals surface area contributed by atoms with Crippen LogP contribution in [0.1, 0.15) is 24.0 Å². The SMILES string of the molecule is Cc1cc([C@](C)(N)C#N)c(C)o1. The zero-order chi connectivity index (χ0) is 9.35. The van der Waals surface area contributed by atoms with Gasteiger partial charge in [0.05, 0.1) is 6.07 Å². The maximum atomic E-state index is 8.76. The molecular formula is C9H12N2O. The number of rotatable bonds is 1. The highest BCUT2D eigenvalue weighted by Crippen LogP contribution is 2.23. The minimum Gasteiger partial charge on any atom is -0.466 e. The van der Waals surface area contributed by atoms with Crippen molar-refractivity contribution in [2.24, 2.45) is 5.73 Å². The van der Waals surface area contributed by atoms with E-state index in [2.05, 4.69) is 0 Å². The van der Waals surface area contributed by atoms with Gasteiger partial charge in [0.15, 0.2) is 0 Å². The molecule has 3 nitrogen and oxygen atoms in total. The molecule has 0 unspecified atom stereocenters. The van der Waals surface area contributed by atoms with Gasteiger partial charge in [-0.15, -0.1) is 0 Å². The third-order valence-electron chi connectivity index (χ3n) is 1.83. The van der Waals surface area contributed by atoms with Crippen LogP contribution >= 0.6 is 0 Å². The first kappa shape index (κ1) is 8.82. The summed E-state index contributed by atoms with van der Waals surface area (Å²) in [6.45, 7) is 5.32. The summed E-state index contributed by atoms with van der Waals surface area (Å²) in [6, 6.07) is 3.83. The maximum absolute atomic E-state index is 8.76. The molecule has 0 aliphatic rings. The summed E-state index contributed by atoms with van der Waals surface area (Å²) in [7, 11) is 0. The van der Waals surface area contributed by atoms with Crippen LogP contribution in [-0.4, -0.2) is 0 Å². The quantitative estimate of drug-likeness (QED) is 0.685. The summed E-state index contributed by atoms with van der Waals surface area (Å²) >= 11 is 0. The molecule has 1 rings (SSSR count). The molecule has 1 atom stereocenters. The monoisotopic (exact) mass is 164 g/mol. The Balaban J connectivity index is 3.21. The summed E-state index contributed by atoms with van der Waals surface area (Å²) in [5, 5.41) is 8.76. The lowest BCUT2D eigenvalue weighted by Gasteiger charge is -2.13. The first-order chi connectivity index (χ1) is 5.47. The van der Waals surface area contributed by atoms with Crippen molar-refractivity contribution in [2.45, 2.75) is 26.3 Å². The van der Waals surface area contributed by atoms with Gasteiger partial charge in [0, 0.05) is 5.56 Å². The zero-order valence-corrected chi connectivity index (χ0v) is 7.51. The van der Waals surface area contributed by atoms with E-state index in [1.165, 1.54) is 0 Å². The summed E-state index contributed by atoms with van der Waals surface area (Å²) < 4.78 is 5.27. The Labute approximate surface area is 71.8 Å². The lowest BCUT2D eigenvalue weighted by atomic mass is 9.95. The minimum absolute atomic E-state index is 0.721. The van der Waals surface area contributed by atoms with E-state index in [-0.39, 0.29) is 0 Å². The molecule has 12 heavy (non-hydrogen) atoms. The van der Waals surface area contributed by atoms with E-state index in [4.69, 9.17) is 15.4 Å². The first-order valence-corrected chi connectivity index (χ1v) is 3.75. The number of hydrogen-bond acceptors (Lipinski definition) is 3. The van der Waals surface area contributed by atoms with Gasteiger partial charge in [-0.1, -0.05) is 0 Å². The van der Waals surface area contributed by atoms with Crippen LogP contribution in [0.15, 0.2) is 10.5 Å². The minimum atomic E-state index is -0.943. The Hall–Kier alpha value is -1.27. The number of hydrogen-bond donors (Lipinski definition) is 1. The summed E-state index contributed by atoms with van der Waals surface area (Å²) in [4.78, 5) is 0. The number of nitriles is 1. The fourth-order valence-electron chi connectivity index (χ4n) is 1.21. The third-order valence-corrected chi connectivity index (χ3v) is 1.83. The van der Waals surface area contributed by atoms with Crippen LogP contribution < -0.4 is 5.73 Å². The predicted molar refractivity (Wildman–Crippen MR) is 45.3 cm³/mol. The van der Waals surface area contributed by atoms with Gasteiger partial charge in [-0.25, -0.2) is 0 Å². The van der Waals surface area contributed by atoms with E-state index >= 15 is 0 Å². The molecule has 0 amide bonds. The fourth-order valence-corrected chi connectivity index (χ4v) is 1.21. The highest BCUT2D eigenvalue weighted by atomic mass is 16.3. The molecular weight excluding hydrogens is 152 g/mol. The predicted octanol–water partition coefficient (Wildman–Crippen LogP) is 1.59.